The second-order valence-corrected chi connectivity index (χ2v) is 4.41. The van der Waals surface area contributed by atoms with Crippen molar-refractivity contribution in [2.24, 2.45) is 0 Å². The first-order valence-corrected chi connectivity index (χ1v) is 6.31. The van der Waals surface area contributed by atoms with Gasteiger partial charge >= 0.3 is 0 Å². The molecule has 2 heteroatoms. The molecule has 0 bridgehead atoms. The third-order valence-corrected chi connectivity index (χ3v) is 3.15. The number of nitrogens with one attached hydrogen (secondary N) is 1. The first-order valence-electron chi connectivity index (χ1n) is 6.31. The average molecular weight is 226 g/mol. The van der Waals surface area contributed by atoms with Crippen LogP contribution in [0.25, 0.3) is 6.08 Å². The van der Waals surface area contributed by atoms with E-state index >= 15 is 0 Å². The second kappa shape index (κ2) is 6.22. The highest BCUT2D eigenvalue weighted by molar-refractivity contribution is 5.66. The van der Waals surface area contributed by atoms with E-state index in [1.165, 1.54) is 37.9 Å². The number of nitrogens with zero attached hydrogens (tertiary/aromatic N) is 1. The molecule has 2 nitrogen and oxygen atoms in total. The maximum absolute atomic E-state index is 8.72. The summed E-state index contributed by atoms with van der Waals surface area (Å²) in [4.78, 5) is 0. The highest BCUT2D eigenvalue weighted by Crippen LogP contribution is 2.22. The van der Waals surface area contributed by atoms with E-state index in [0.717, 1.165) is 17.5 Å². The van der Waals surface area contributed by atoms with Gasteiger partial charge in [0.2, 0.25) is 0 Å². The van der Waals surface area contributed by atoms with Gasteiger partial charge in [0.1, 0.15) is 0 Å². The molecule has 0 saturated carbocycles. The highest BCUT2D eigenvalue weighted by Gasteiger charge is 2.07. The maximum Gasteiger partial charge on any atom is 0.0998 e. The Kier molecular flexibility index (Phi) is 4.35. The van der Waals surface area contributed by atoms with E-state index in [4.69, 9.17) is 5.26 Å². The molecule has 0 amide bonds. The molecule has 1 N–H and O–H groups in total. The van der Waals surface area contributed by atoms with Gasteiger partial charge in [0.05, 0.1) is 11.6 Å². The molecule has 0 unspecified atom stereocenters. The second-order valence-electron chi connectivity index (χ2n) is 4.41. The molecule has 3 rings (SSSR count). The zero-order valence-corrected chi connectivity index (χ0v) is 10.1. The van der Waals surface area contributed by atoms with Crippen molar-refractivity contribution < 1.29 is 0 Å². The van der Waals surface area contributed by atoms with Crippen LogP contribution in [0.3, 0.4) is 0 Å². The van der Waals surface area contributed by atoms with Crippen LogP contribution in [0.4, 0.5) is 0 Å². The largest absolute Gasteiger partial charge is 0.317 e. The highest BCUT2D eigenvalue weighted by atomic mass is 14.9. The number of hydrogen-bond acceptors (Lipinski definition) is 2. The Morgan fingerprint density at radius 3 is 2.53 bits per heavy atom. The lowest BCUT2D eigenvalue weighted by Gasteiger charge is -2.08. The third kappa shape index (κ3) is 3.18. The summed E-state index contributed by atoms with van der Waals surface area (Å²) in [7, 11) is 0. The van der Waals surface area contributed by atoms with Gasteiger partial charge in [-0.1, -0.05) is 30.7 Å². The molecule has 1 fully saturated rings. The van der Waals surface area contributed by atoms with Crippen LogP contribution in [0.2, 0.25) is 0 Å². The number of nitriles is 1. The fourth-order valence-corrected chi connectivity index (χ4v) is 2.19. The normalized spacial score (nSPS) is 16.6. The van der Waals surface area contributed by atoms with E-state index in [9.17, 15) is 0 Å². The van der Waals surface area contributed by atoms with Gasteiger partial charge < -0.3 is 5.32 Å². The molecule has 0 radical (unpaired) electrons. The monoisotopic (exact) mass is 226 g/mol. The average Bonchev–Trinajstić information content (AvgIpc) is 2.89. The minimum atomic E-state index is 0.788. The van der Waals surface area contributed by atoms with Gasteiger partial charge in [0.25, 0.3) is 0 Å². The Bertz CT molecular complexity index is 425. The number of piperidine rings is 1. The van der Waals surface area contributed by atoms with E-state index < -0.39 is 0 Å². The number of rotatable bonds is 0. The predicted octanol–water partition coefficient (Wildman–Crippen LogP) is 2.89. The molecule has 1 aliphatic carbocycles. The summed E-state index contributed by atoms with van der Waals surface area (Å²) in [6, 6.07) is 8.03. The fourth-order valence-electron chi connectivity index (χ4n) is 2.19. The first-order chi connectivity index (χ1) is 8.42. The zero-order valence-electron chi connectivity index (χ0n) is 10.1. The number of hydrogen-bond donors (Lipinski definition) is 1. The van der Waals surface area contributed by atoms with Gasteiger partial charge in [-0.15, -0.1) is 0 Å². The summed E-state index contributed by atoms with van der Waals surface area (Å²) in [6.07, 6.45) is 9.30. The summed E-state index contributed by atoms with van der Waals surface area (Å²) in [5.74, 6) is 0. The van der Waals surface area contributed by atoms with Crippen LogP contribution in [0.5, 0.6) is 0 Å². The molecule has 1 saturated heterocycles. The number of fused-ring (bicyclic) bond motifs is 1. The minimum Gasteiger partial charge on any atom is -0.317 e. The molecular weight excluding hydrogens is 208 g/mol. The van der Waals surface area contributed by atoms with Crippen molar-refractivity contribution in [1.82, 2.24) is 5.32 Å². The quantitative estimate of drug-likeness (QED) is 0.738. The lowest BCUT2D eigenvalue weighted by Crippen LogP contribution is -2.21. The van der Waals surface area contributed by atoms with Gasteiger partial charge in [-0.3, -0.25) is 0 Å². The van der Waals surface area contributed by atoms with E-state index in [1.807, 2.05) is 18.2 Å². The summed E-state index contributed by atoms with van der Waals surface area (Å²) in [5, 5.41) is 12.0. The lowest BCUT2D eigenvalue weighted by atomic mass is 10.0. The van der Waals surface area contributed by atoms with Crippen molar-refractivity contribution in [2.75, 3.05) is 13.1 Å². The maximum atomic E-state index is 8.72. The van der Waals surface area contributed by atoms with Crippen molar-refractivity contribution in [3.63, 3.8) is 0 Å². The summed E-state index contributed by atoms with van der Waals surface area (Å²) >= 11 is 0. The van der Waals surface area contributed by atoms with Gasteiger partial charge in [-0.25, -0.2) is 0 Å². The Morgan fingerprint density at radius 2 is 1.94 bits per heavy atom. The van der Waals surface area contributed by atoms with Crippen molar-refractivity contribution in [2.45, 2.75) is 25.7 Å². The lowest BCUT2D eigenvalue weighted by molar-refractivity contribution is 0.520. The van der Waals surface area contributed by atoms with Crippen molar-refractivity contribution >= 4 is 6.08 Å². The van der Waals surface area contributed by atoms with Crippen LogP contribution in [-0.4, -0.2) is 13.1 Å². The van der Waals surface area contributed by atoms with Gasteiger partial charge in [0.15, 0.2) is 0 Å². The molecule has 2 aliphatic rings. The van der Waals surface area contributed by atoms with Crippen LogP contribution in [0, 0.1) is 11.3 Å². The van der Waals surface area contributed by atoms with E-state index in [2.05, 4.69) is 23.5 Å². The molecule has 0 spiro atoms. The third-order valence-electron chi connectivity index (χ3n) is 3.15. The minimum absolute atomic E-state index is 0.788. The summed E-state index contributed by atoms with van der Waals surface area (Å²) in [5.41, 5.74) is 3.16. The smallest absolute Gasteiger partial charge is 0.0998 e. The van der Waals surface area contributed by atoms with Crippen LogP contribution < -0.4 is 5.32 Å². The van der Waals surface area contributed by atoms with E-state index in [0.29, 0.717) is 0 Å². The first kappa shape index (κ1) is 11.9. The molecule has 1 aromatic carbocycles. The predicted molar refractivity (Wildman–Crippen MR) is 70.6 cm³/mol. The van der Waals surface area contributed by atoms with E-state index in [-0.39, 0.29) is 0 Å². The molecule has 88 valence electrons. The molecule has 1 aliphatic heterocycles. The fraction of sp³-hybridized carbons (Fsp3) is 0.400. The molecule has 0 atom stereocenters. The zero-order chi connectivity index (χ0) is 11.9. The molecule has 1 heterocycles. The van der Waals surface area contributed by atoms with Crippen LogP contribution >= 0.6 is 0 Å². The Hall–Kier alpha value is -1.59. The Morgan fingerprint density at radius 1 is 1.12 bits per heavy atom. The van der Waals surface area contributed by atoms with Crippen molar-refractivity contribution in [3.8, 4) is 6.07 Å². The number of benzene rings is 1. The topological polar surface area (TPSA) is 35.8 Å². The van der Waals surface area contributed by atoms with Gasteiger partial charge in [-0.05, 0) is 49.5 Å². The van der Waals surface area contributed by atoms with Gasteiger partial charge in [-0.2, -0.15) is 5.26 Å². The molecular formula is C15H18N2. The van der Waals surface area contributed by atoms with Crippen LogP contribution in [0.1, 0.15) is 36.0 Å². The Labute approximate surface area is 103 Å². The van der Waals surface area contributed by atoms with Crippen LogP contribution in [0.15, 0.2) is 24.3 Å². The number of allylic oxidation sites excluding steroid dienone is 1. The SMILES string of the molecule is C1CCNCC1.N#Cc1cccc2c1C=CC2. The summed E-state index contributed by atoms with van der Waals surface area (Å²) < 4.78 is 0. The van der Waals surface area contributed by atoms with Crippen LogP contribution in [-0.2, 0) is 6.42 Å². The van der Waals surface area contributed by atoms with Crippen molar-refractivity contribution in [3.05, 3.63) is 41.0 Å². The van der Waals surface area contributed by atoms with E-state index in [1.54, 1.807) is 0 Å². The van der Waals surface area contributed by atoms with Gasteiger partial charge in [0, 0.05) is 0 Å². The molecule has 0 aromatic heterocycles. The Balaban J connectivity index is 0.000000153. The molecule has 1 aromatic rings. The standard InChI is InChI=1S/C10H7N.C5H11N/c11-7-9-5-1-3-8-4-2-6-10(8)9;1-2-4-6-5-3-1/h1-3,5-6H,4H2;6H,1-5H2. The van der Waals surface area contributed by atoms with Crippen molar-refractivity contribution in [1.29, 1.82) is 5.26 Å². The molecule has 17 heavy (non-hydrogen) atoms. The summed E-state index contributed by atoms with van der Waals surface area (Å²) in [6.45, 7) is 2.50.